The van der Waals surface area contributed by atoms with E-state index in [-0.39, 0.29) is 5.60 Å². The number of aliphatic hydroxyl groups is 2. The van der Waals surface area contributed by atoms with Crippen molar-refractivity contribution in [3.8, 4) is 0 Å². The highest BCUT2D eigenvalue weighted by Crippen LogP contribution is 2.76. The van der Waals surface area contributed by atoms with E-state index in [2.05, 4.69) is 13.8 Å². The van der Waals surface area contributed by atoms with E-state index in [1.54, 1.807) is 0 Å². The first-order valence-electron chi connectivity index (χ1n) is 9.68. The molecule has 22 heavy (non-hydrogen) atoms. The van der Waals surface area contributed by atoms with Gasteiger partial charge in [0.05, 0.1) is 11.2 Å². The molecule has 0 heterocycles. The van der Waals surface area contributed by atoms with Crippen molar-refractivity contribution < 1.29 is 10.2 Å². The second kappa shape index (κ2) is 3.94. The molecule has 0 spiro atoms. The van der Waals surface area contributed by atoms with Gasteiger partial charge in [0.25, 0.3) is 0 Å². The SMILES string of the molecule is CC1C(C)C2CC1C1C3CC(O)(C4CC(C(C)(C)O)CC34)C21. The molecule has 5 aliphatic rings. The Kier molecular flexibility index (Phi) is 2.56. The van der Waals surface area contributed by atoms with E-state index in [1.165, 1.54) is 6.42 Å². The summed E-state index contributed by atoms with van der Waals surface area (Å²) in [5.74, 6) is 7.06. The van der Waals surface area contributed by atoms with E-state index < -0.39 is 5.60 Å². The number of hydrogen-bond acceptors (Lipinski definition) is 2. The summed E-state index contributed by atoms with van der Waals surface area (Å²) in [6.07, 6.45) is 4.70. The molecular formula is C20H32O2. The predicted molar refractivity (Wildman–Crippen MR) is 86.0 cm³/mol. The van der Waals surface area contributed by atoms with Crippen LogP contribution >= 0.6 is 0 Å². The van der Waals surface area contributed by atoms with Gasteiger partial charge in [0.1, 0.15) is 0 Å². The molecule has 124 valence electrons. The second-order valence-electron chi connectivity index (χ2n) is 10.3. The lowest BCUT2D eigenvalue weighted by Gasteiger charge is -2.48. The molecular weight excluding hydrogens is 272 g/mol. The summed E-state index contributed by atoms with van der Waals surface area (Å²) >= 11 is 0. The first-order chi connectivity index (χ1) is 10.2. The smallest absolute Gasteiger partial charge is 0.0715 e. The summed E-state index contributed by atoms with van der Waals surface area (Å²) in [7, 11) is 0. The van der Waals surface area contributed by atoms with E-state index in [0.29, 0.717) is 23.7 Å². The Hall–Kier alpha value is -0.0800. The summed E-state index contributed by atoms with van der Waals surface area (Å²) < 4.78 is 0. The summed E-state index contributed by atoms with van der Waals surface area (Å²) in [5.41, 5.74) is -0.956. The summed E-state index contributed by atoms with van der Waals surface area (Å²) in [4.78, 5) is 0. The zero-order valence-corrected chi connectivity index (χ0v) is 14.5. The van der Waals surface area contributed by atoms with Crippen LogP contribution in [0.15, 0.2) is 0 Å². The van der Waals surface area contributed by atoms with Crippen LogP contribution in [0.5, 0.6) is 0 Å². The van der Waals surface area contributed by atoms with Gasteiger partial charge in [-0.2, -0.15) is 0 Å². The van der Waals surface area contributed by atoms with Gasteiger partial charge in [-0.3, -0.25) is 0 Å². The van der Waals surface area contributed by atoms with E-state index >= 15 is 0 Å². The summed E-state index contributed by atoms with van der Waals surface area (Å²) in [5, 5.41) is 22.2. The average molecular weight is 304 g/mol. The van der Waals surface area contributed by atoms with Crippen LogP contribution in [-0.4, -0.2) is 21.4 Å². The molecule has 2 heteroatoms. The van der Waals surface area contributed by atoms with Crippen LogP contribution in [0, 0.1) is 59.2 Å². The minimum absolute atomic E-state index is 0.381. The summed E-state index contributed by atoms with van der Waals surface area (Å²) in [6.45, 7) is 8.85. The third-order valence-corrected chi connectivity index (χ3v) is 9.53. The Labute approximate surface area is 134 Å². The van der Waals surface area contributed by atoms with Crippen molar-refractivity contribution in [2.75, 3.05) is 0 Å². The number of fused-ring (bicyclic) bond motifs is 12. The maximum absolute atomic E-state index is 11.7. The van der Waals surface area contributed by atoms with Crippen molar-refractivity contribution in [3.05, 3.63) is 0 Å². The van der Waals surface area contributed by atoms with Gasteiger partial charge in [0.2, 0.25) is 0 Å². The topological polar surface area (TPSA) is 40.5 Å². The number of rotatable bonds is 1. The molecule has 5 rings (SSSR count). The lowest BCUT2D eigenvalue weighted by Crippen LogP contribution is -2.50. The zero-order chi connectivity index (χ0) is 15.6. The van der Waals surface area contributed by atoms with Crippen LogP contribution in [-0.2, 0) is 0 Å². The zero-order valence-electron chi connectivity index (χ0n) is 14.5. The first-order valence-corrected chi connectivity index (χ1v) is 9.68. The van der Waals surface area contributed by atoms with Gasteiger partial charge in [0.15, 0.2) is 0 Å². The van der Waals surface area contributed by atoms with Crippen molar-refractivity contribution in [2.24, 2.45) is 59.2 Å². The Morgan fingerprint density at radius 1 is 0.909 bits per heavy atom. The van der Waals surface area contributed by atoms with Crippen LogP contribution < -0.4 is 0 Å². The number of hydrogen-bond donors (Lipinski definition) is 2. The monoisotopic (exact) mass is 304 g/mol. The Morgan fingerprint density at radius 3 is 2.27 bits per heavy atom. The fraction of sp³-hybridized carbons (Fsp3) is 1.00. The van der Waals surface area contributed by atoms with Gasteiger partial charge >= 0.3 is 0 Å². The fourth-order valence-corrected chi connectivity index (χ4v) is 8.52. The van der Waals surface area contributed by atoms with Crippen molar-refractivity contribution in [1.29, 1.82) is 0 Å². The van der Waals surface area contributed by atoms with Gasteiger partial charge in [-0.1, -0.05) is 13.8 Å². The van der Waals surface area contributed by atoms with Crippen LogP contribution in [0.3, 0.4) is 0 Å². The molecule has 0 amide bonds. The quantitative estimate of drug-likeness (QED) is 0.730. The molecule has 2 N–H and O–H groups in total. The largest absolute Gasteiger partial charge is 0.390 e. The predicted octanol–water partition coefficient (Wildman–Crippen LogP) is 3.32. The highest BCUT2D eigenvalue weighted by molar-refractivity contribution is 5.24. The van der Waals surface area contributed by atoms with Crippen LogP contribution in [0.1, 0.15) is 53.4 Å². The normalized spacial score (nSPS) is 65.2. The van der Waals surface area contributed by atoms with Gasteiger partial charge in [-0.15, -0.1) is 0 Å². The Bertz CT molecular complexity index is 508. The van der Waals surface area contributed by atoms with Crippen molar-refractivity contribution in [3.63, 3.8) is 0 Å². The van der Waals surface area contributed by atoms with Crippen molar-refractivity contribution in [2.45, 2.75) is 64.6 Å². The standard InChI is InChI=1S/C20H32O2/c1-9-10(2)13-7-12(9)17-15-8-20(22,18(13)17)16-6-11(5-14(15)16)19(3,4)21/h9-18,21-22H,5-8H2,1-4H3. The third-order valence-electron chi connectivity index (χ3n) is 9.53. The summed E-state index contributed by atoms with van der Waals surface area (Å²) in [6, 6.07) is 0. The lowest BCUT2D eigenvalue weighted by atomic mass is 9.58. The third kappa shape index (κ3) is 1.42. The maximum atomic E-state index is 11.7. The minimum Gasteiger partial charge on any atom is -0.390 e. The molecule has 0 aromatic carbocycles. The van der Waals surface area contributed by atoms with E-state index in [4.69, 9.17) is 0 Å². The molecule has 2 nitrogen and oxygen atoms in total. The second-order valence-corrected chi connectivity index (χ2v) is 10.3. The molecule has 0 aromatic heterocycles. The highest BCUT2D eigenvalue weighted by Gasteiger charge is 2.75. The Morgan fingerprint density at radius 2 is 1.59 bits per heavy atom. The molecule has 0 aliphatic heterocycles. The van der Waals surface area contributed by atoms with E-state index in [1.807, 2.05) is 13.8 Å². The average Bonchev–Trinajstić information content (AvgIpc) is 3.13. The molecule has 5 fully saturated rings. The minimum atomic E-state index is -0.575. The molecule has 5 saturated carbocycles. The molecule has 0 radical (unpaired) electrons. The molecule has 5 aliphatic carbocycles. The van der Waals surface area contributed by atoms with Crippen LogP contribution in [0.2, 0.25) is 0 Å². The lowest BCUT2D eigenvalue weighted by molar-refractivity contribution is -0.105. The van der Waals surface area contributed by atoms with Crippen LogP contribution in [0.25, 0.3) is 0 Å². The van der Waals surface area contributed by atoms with E-state index in [0.717, 1.165) is 54.8 Å². The molecule has 4 bridgehead atoms. The highest BCUT2D eigenvalue weighted by atomic mass is 16.3. The maximum Gasteiger partial charge on any atom is 0.0715 e. The van der Waals surface area contributed by atoms with E-state index in [9.17, 15) is 10.2 Å². The molecule has 11 unspecified atom stereocenters. The molecule has 0 saturated heterocycles. The first kappa shape index (κ1) is 14.3. The Balaban J connectivity index is 1.51. The van der Waals surface area contributed by atoms with Crippen LogP contribution in [0.4, 0.5) is 0 Å². The molecule has 0 aromatic rings. The van der Waals surface area contributed by atoms with Gasteiger partial charge in [-0.25, -0.2) is 0 Å². The van der Waals surface area contributed by atoms with Crippen molar-refractivity contribution >= 4 is 0 Å². The van der Waals surface area contributed by atoms with Gasteiger partial charge in [-0.05, 0) is 98.7 Å². The van der Waals surface area contributed by atoms with Gasteiger partial charge in [0, 0.05) is 0 Å². The fourth-order valence-electron chi connectivity index (χ4n) is 8.52. The van der Waals surface area contributed by atoms with Gasteiger partial charge < -0.3 is 10.2 Å². The molecule has 11 atom stereocenters. The van der Waals surface area contributed by atoms with Crippen molar-refractivity contribution in [1.82, 2.24) is 0 Å².